The fraction of sp³-hybridized carbons (Fsp3) is 0.364. The monoisotopic (exact) mass is 536 g/mol. The first-order valence-electron chi connectivity index (χ1n) is 10.3. The Morgan fingerprint density at radius 1 is 1.15 bits per heavy atom. The number of thioether (sulfide) groups is 1. The summed E-state index contributed by atoms with van der Waals surface area (Å²) in [5.41, 5.74) is 1.56. The van der Waals surface area contributed by atoms with Crippen LogP contribution in [0.5, 0.6) is 17.2 Å². The van der Waals surface area contributed by atoms with Crippen LogP contribution in [0.25, 0.3) is 5.69 Å². The van der Waals surface area contributed by atoms with Crippen molar-refractivity contribution in [1.82, 2.24) is 14.8 Å². The number of hydrogen-bond acceptors (Lipinski definition) is 8. The van der Waals surface area contributed by atoms with Gasteiger partial charge in [0.2, 0.25) is 6.54 Å². The Kier molecular flexibility index (Phi) is 8.56. The lowest BCUT2D eigenvalue weighted by Gasteiger charge is -2.18. The molecule has 0 amide bonds. The van der Waals surface area contributed by atoms with Crippen molar-refractivity contribution in [2.45, 2.75) is 31.2 Å². The van der Waals surface area contributed by atoms with Crippen LogP contribution in [0.4, 0.5) is 0 Å². The summed E-state index contributed by atoms with van der Waals surface area (Å²) in [6.45, 7) is 6.35. The summed E-state index contributed by atoms with van der Waals surface area (Å²) < 4.78 is 19.2. The molecule has 1 heterocycles. The molecule has 2 aromatic carbocycles. The molecule has 3 rings (SSSR count). The van der Waals surface area contributed by atoms with Crippen molar-refractivity contribution in [3.63, 3.8) is 0 Å². The van der Waals surface area contributed by atoms with E-state index in [9.17, 15) is 10.1 Å². The summed E-state index contributed by atoms with van der Waals surface area (Å²) in [7, 11) is 1.55. The van der Waals surface area contributed by atoms with Gasteiger partial charge in [-0.15, -0.1) is 10.2 Å². The van der Waals surface area contributed by atoms with Gasteiger partial charge < -0.3 is 14.2 Å². The lowest BCUT2D eigenvalue weighted by atomic mass is 10.1. The summed E-state index contributed by atoms with van der Waals surface area (Å²) >= 11 is 4.77. The second-order valence-electron chi connectivity index (χ2n) is 6.88. The van der Waals surface area contributed by atoms with Crippen LogP contribution in [-0.2, 0) is 0 Å². The number of aryl methyl sites for hydroxylation is 1. The molecule has 0 N–H and O–H groups in total. The number of benzene rings is 2. The van der Waals surface area contributed by atoms with E-state index in [1.807, 2.05) is 55.7 Å². The van der Waals surface area contributed by atoms with E-state index in [0.29, 0.717) is 45.7 Å². The molecule has 1 atom stereocenters. The minimum atomic E-state index is -0.536. The molecular formula is C22H25BrN4O5S. The molecule has 0 unspecified atom stereocenters. The second kappa shape index (κ2) is 11.4. The third kappa shape index (κ3) is 5.97. The predicted molar refractivity (Wildman–Crippen MR) is 130 cm³/mol. The van der Waals surface area contributed by atoms with E-state index in [2.05, 4.69) is 26.1 Å². The topological polar surface area (TPSA) is 102 Å². The molecule has 9 nitrogen and oxygen atoms in total. The minimum Gasteiger partial charge on any atom is -0.494 e. The van der Waals surface area contributed by atoms with Crippen LogP contribution in [0, 0.1) is 17.0 Å². The van der Waals surface area contributed by atoms with Gasteiger partial charge in [0.1, 0.15) is 16.8 Å². The maximum absolute atomic E-state index is 11.5. The number of rotatable bonds is 11. The largest absolute Gasteiger partial charge is 0.494 e. The van der Waals surface area contributed by atoms with Crippen molar-refractivity contribution in [2.75, 3.05) is 26.9 Å². The lowest BCUT2D eigenvalue weighted by Crippen LogP contribution is -2.12. The highest BCUT2D eigenvalue weighted by atomic mass is 79.9. The van der Waals surface area contributed by atoms with Gasteiger partial charge in [0.15, 0.2) is 16.7 Å². The Morgan fingerprint density at radius 2 is 1.85 bits per heavy atom. The van der Waals surface area contributed by atoms with Crippen molar-refractivity contribution in [3.8, 4) is 22.9 Å². The Morgan fingerprint density at radius 3 is 2.45 bits per heavy atom. The number of aromatic nitrogens is 3. The number of nitrogens with zero attached hydrogens (tertiary/aromatic N) is 4. The Labute approximate surface area is 204 Å². The molecule has 0 aliphatic heterocycles. The Balaban J connectivity index is 1.99. The van der Waals surface area contributed by atoms with E-state index in [1.165, 1.54) is 11.8 Å². The fourth-order valence-electron chi connectivity index (χ4n) is 3.28. The van der Waals surface area contributed by atoms with Gasteiger partial charge in [0, 0.05) is 10.6 Å². The lowest BCUT2D eigenvalue weighted by molar-refractivity contribution is -0.479. The smallest absolute Gasteiger partial charge is 0.220 e. The van der Waals surface area contributed by atoms with Crippen molar-refractivity contribution >= 4 is 27.7 Å². The van der Waals surface area contributed by atoms with Gasteiger partial charge in [-0.3, -0.25) is 14.7 Å². The fourth-order valence-corrected chi connectivity index (χ4v) is 5.06. The van der Waals surface area contributed by atoms with Gasteiger partial charge >= 0.3 is 0 Å². The summed E-state index contributed by atoms with van der Waals surface area (Å²) in [4.78, 5) is 11.2. The SMILES string of the molecule is CCOc1ccc(-n2c(C)nnc2S[C@H](C[N+](=O)[O-])c2cc(Br)c(OC)c(OCC)c2)cc1. The zero-order chi connectivity index (χ0) is 24.0. The molecule has 0 aliphatic rings. The maximum atomic E-state index is 11.5. The molecule has 3 aromatic rings. The third-order valence-electron chi connectivity index (χ3n) is 4.67. The van der Waals surface area contributed by atoms with Crippen LogP contribution in [-0.4, -0.2) is 46.6 Å². The van der Waals surface area contributed by atoms with Crippen LogP contribution in [0.1, 0.15) is 30.5 Å². The molecule has 0 saturated carbocycles. The van der Waals surface area contributed by atoms with Crippen LogP contribution >= 0.6 is 27.7 Å². The van der Waals surface area contributed by atoms with Crippen molar-refractivity contribution in [1.29, 1.82) is 0 Å². The zero-order valence-corrected chi connectivity index (χ0v) is 21.2. The maximum Gasteiger partial charge on any atom is 0.220 e. The minimum absolute atomic E-state index is 0.301. The number of hydrogen-bond donors (Lipinski definition) is 0. The molecule has 0 aliphatic carbocycles. The van der Waals surface area contributed by atoms with Gasteiger partial charge in [-0.1, -0.05) is 11.8 Å². The van der Waals surface area contributed by atoms with E-state index in [-0.39, 0.29) is 11.5 Å². The van der Waals surface area contributed by atoms with Crippen LogP contribution in [0.2, 0.25) is 0 Å². The average Bonchev–Trinajstić information content (AvgIpc) is 3.14. The first-order chi connectivity index (χ1) is 15.9. The molecule has 0 saturated heterocycles. The molecular weight excluding hydrogens is 512 g/mol. The summed E-state index contributed by atoms with van der Waals surface area (Å²) in [5.74, 6) is 2.49. The summed E-state index contributed by atoms with van der Waals surface area (Å²) in [6, 6.07) is 11.1. The zero-order valence-electron chi connectivity index (χ0n) is 18.8. The standard InChI is InChI=1S/C22H25BrN4O5S/c1-5-31-17-9-7-16(8-10-17)27-14(3)24-25-22(27)33-20(13-26(28)29)15-11-18(23)21(30-4)19(12-15)32-6-2/h7-12,20H,5-6,13H2,1-4H3/t20-/m1/s1. The number of nitro groups is 1. The highest BCUT2D eigenvalue weighted by Gasteiger charge is 2.26. The van der Waals surface area contributed by atoms with Crippen LogP contribution in [0.15, 0.2) is 46.0 Å². The Hall–Kier alpha value is -2.79. The number of halogens is 1. The normalized spacial score (nSPS) is 11.8. The second-order valence-corrected chi connectivity index (χ2v) is 8.91. The van der Waals surface area contributed by atoms with Crippen molar-refractivity contribution in [2.24, 2.45) is 0 Å². The highest BCUT2D eigenvalue weighted by Crippen LogP contribution is 2.43. The molecule has 33 heavy (non-hydrogen) atoms. The first-order valence-corrected chi connectivity index (χ1v) is 12.0. The predicted octanol–water partition coefficient (Wildman–Crippen LogP) is 5.25. The summed E-state index contributed by atoms with van der Waals surface area (Å²) in [6.07, 6.45) is 0. The Bertz CT molecular complexity index is 1110. The van der Waals surface area contributed by atoms with Gasteiger partial charge in [-0.25, -0.2) is 0 Å². The molecule has 176 valence electrons. The van der Waals surface area contributed by atoms with E-state index < -0.39 is 5.25 Å². The summed E-state index contributed by atoms with van der Waals surface area (Å²) in [5, 5.41) is 20.0. The highest BCUT2D eigenvalue weighted by molar-refractivity contribution is 9.10. The van der Waals surface area contributed by atoms with Gasteiger partial charge in [-0.05, 0) is 78.7 Å². The molecule has 0 bridgehead atoms. The van der Waals surface area contributed by atoms with Gasteiger partial charge in [0.05, 0.1) is 24.8 Å². The van der Waals surface area contributed by atoms with E-state index in [4.69, 9.17) is 14.2 Å². The molecule has 0 spiro atoms. The van der Waals surface area contributed by atoms with Crippen LogP contribution in [0.3, 0.4) is 0 Å². The van der Waals surface area contributed by atoms with E-state index >= 15 is 0 Å². The molecule has 0 radical (unpaired) electrons. The van der Waals surface area contributed by atoms with E-state index in [0.717, 1.165) is 11.4 Å². The molecule has 1 aromatic heterocycles. The van der Waals surface area contributed by atoms with Crippen molar-refractivity contribution < 1.29 is 19.1 Å². The third-order valence-corrected chi connectivity index (χ3v) is 6.44. The van der Waals surface area contributed by atoms with Gasteiger partial charge in [-0.2, -0.15) is 0 Å². The molecule has 11 heteroatoms. The average molecular weight is 537 g/mol. The first kappa shape index (κ1) is 24.8. The number of methoxy groups -OCH3 is 1. The molecule has 0 fully saturated rings. The van der Waals surface area contributed by atoms with Gasteiger partial charge in [0.25, 0.3) is 0 Å². The number of ether oxygens (including phenoxy) is 3. The quantitative estimate of drug-likeness (QED) is 0.186. The van der Waals surface area contributed by atoms with E-state index in [1.54, 1.807) is 13.2 Å². The van der Waals surface area contributed by atoms with Crippen LogP contribution < -0.4 is 14.2 Å². The van der Waals surface area contributed by atoms with Crippen molar-refractivity contribution in [3.05, 3.63) is 62.4 Å².